The van der Waals surface area contributed by atoms with Crippen molar-refractivity contribution in [2.45, 2.75) is 32.8 Å². The molecule has 2 aromatic heterocycles. The minimum atomic E-state index is -0.585. The molecule has 4 rings (SSSR count). The maximum Gasteiger partial charge on any atom is 0.271 e. The summed E-state index contributed by atoms with van der Waals surface area (Å²) in [6.45, 7) is 4.75. The molecule has 0 spiro atoms. The number of hydrogen-bond acceptors (Lipinski definition) is 5. The standard InChI is InChI=1S/C21H24N4O3/c1-3-14-4-6-15(7-5-14)18-10-19(23-22-18)21(27)25-11-16(20(26)12-25)9-17-8-13(2)24-28-17/h4-8,10,16,20,26H,3,9,11-12H2,1-2H3,(H,22,23)/t16-,20-/m1/s1. The number of H-pyrrole nitrogens is 1. The fraction of sp³-hybridized carbons (Fsp3) is 0.381. The van der Waals surface area contributed by atoms with Crippen molar-refractivity contribution >= 4 is 5.91 Å². The average molecular weight is 380 g/mol. The van der Waals surface area contributed by atoms with Crippen LogP contribution in [0.3, 0.4) is 0 Å². The van der Waals surface area contributed by atoms with Gasteiger partial charge in [-0.2, -0.15) is 5.10 Å². The van der Waals surface area contributed by atoms with Crippen molar-refractivity contribution in [3.63, 3.8) is 0 Å². The van der Waals surface area contributed by atoms with E-state index < -0.39 is 6.10 Å². The number of nitrogens with one attached hydrogen (secondary N) is 1. The number of nitrogens with zero attached hydrogens (tertiary/aromatic N) is 3. The highest BCUT2D eigenvalue weighted by Gasteiger charge is 2.35. The number of likely N-dealkylation sites (tertiary alicyclic amines) is 1. The molecule has 0 radical (unpaired) electrons. The van der Waals surface area contributed by atoms with Crippen molar-refractivity contribution in [3.05, 3.63) is 59.1 Å². The number of aliphatic hydroxyl groups is 1. The Balaban J connectivity index is 1.43. The van der Waals surface area contributed by atoms with Crippen molar-refractivity contribution in [3.8, 4) is 11.3 Å². The molecule has 1 aliphatic rings. The summed E-state index contributed by atoms with van der Waals surface area (Å²) >= 11 is 0. The predicted molar refractivity (Wildman–Crippen MR) is 104 cm³/mol. The fourth-order valence-corrected chi connectivity index (χ4v) is 3.65. The van der Waals surface area contributed by atoms with Gasteiger partial charge in [-0.15, -0.1) is 0 Å². The molecule has 2 N–H and O–H groups in total. The minimum Gasteiger partial charge on any atom is -0.391 e. The van der Waals surface area contributed by atoms with Gasteiger partial charge in [0.25, 0.3) is 5.91 Å². The van der Waals surface area contributed by atoms with Gasteiger partial charge in [0.1, 0.15) is 11.5 Å². The van der Waals surface area contributed by atoms with Crippen molar-refractivity contribution < 1.29 is 14.4 Å². The van der Waals surface area contributed by atoms with Crippen LogP contribution in [0.25, 0.3) is 11.3 Å². The van der Waals surface area contributed by atoms with Gasteiger partial charge in [-0.05, 0) is 25.0 Å². The zero-order chi connectivity index (χ0) is 19.7. The van der Waals surface area contributed by atoms with Crippen LogP contribution in [0.2, 0.25) is 0 Å². The quantitative estimate of drug-likeness (QED) is 0.709. The van der Waals surface area contributed by atoms with Crippen molar-refractivity contribution in [2.75, 3.05) is 13.1 Å². The van der Waals surface area contributed by atoms with Crippen LogP contribution >= 0.6 is 0 Å². The van der Waals surface area contributed by atoms with Gasteiger partial charge in [0.15, 0.2) is 0 Å². The second kappa shape index (κ2) is 7.59. The summed E-state index contributed by atoms with van der Waals surface area (Å²) in [6, 6.07) is 11.8. The maximum absolute atomic E-state index is 12.8. The number of aromatic nitrogens is 3. The van der Waals surface area contributed by atoms with Crippen LogP contribution in [0.15, 0.2) is 40.9 Å². The zero-order valence-corrected chi connectivity index (χ0v) is 16.1. The molecule has 0 aliphatic carbocycles. The summed E-state index contributed by atoms with van der Waals surface area (Å²) in [5.74, 6) is 0.509. The summed E-state index contributed by atoms with van der Waals surface area (Å²) in [7, 11) is 0. The van der Waals surface area contributed by atoms with Gasteiger partial charge in [0, 0.05) is 37.1 Å². The summed E-state index contributed by atoms with van der Waals surface area (Å²) < 4.78 is 5.24. The van der Waals surface area contributed by atoms with Crippen LogP contribution in [0, 0.1) is 12.8 Å². The van der Waals surface area contributed by atoms with E-state index in [1.165, 1.54) is 5.56 Å². The van der Waals surface area contributed by atoms with Gasteiger partial charge in [0.05, 0.1) is 17.5 Å². The number of aliphatic hydroxyl groups excluding tert-OH is 1. The van der Waals surface area contributed by atoms with E-state index in [1.54, 1.807) is 11.0 Å². The Kier molecular flexibility index (Phi) is 5.00. The smallest absolute Gasteiger partial charge is 0.271 e. The van der Waals surface area contributed by atoms with E-state index in [4.69, 9.17) is 4.52 Å². The molecule has 3 aromatic rings. The Labute approximate surface area is 163 Å². The number of aromatic amines is 1. The molecule has 28 heavy (non-hydrogen) atoms. The number of benzene rings is 1. The molecule has 3 heterocycles. The summed E-state index contributed by atoms with van der Waals surface area (Å²) in [5.41, 5.74) is 4.20. The van der Waals surface area contributed by atoms with Crippen LogP contribution in [0.5, 0.6) is 0 Å². The van der Waals surface area contributed by atoms with Gasteiger partial charge in [-0.1, -0.05) is 36.3 Å². The topological polar surface area (TPSA) is 95.3 Å². The molecule has 1 aliphatic heterocycles. The lowest BCUT2D eigenvalue weighted by molar-refractivity contribution is 0.0759. The van der Waals surface area contributed by atoms with E-state index in [9.17, 15) is 9.90 Å². The number of carbonyl (C=O) groups excluding carboxylic acids is 1. The Morgan fingerprint density at radius 1 is 1.29 bits per heavy atom. The fourth-order valence-electron chi connectivity index (χ4n) is 3.65. The molecule has 1 fully saturated rings. The van der Waals surface area contributed by atoms with Crippen molar-refractivity contribution in [1.82, 2.24) is 20.3 Å². The highest BCUT2D eigenvalue weighted by molar-refractivity contribution is 5.93. The predicted octanol–water partition coefficient (Wildman–Crippen LogP) is 2.61. The molecule has 0 saturated carbocycles. The molecule has 7 nitrogen and oxygen atoms in total. The molecule has 7 heteroatoms. The van der Waals surface area contributed by atoms with E-state index in [0.29, 0.717) is 25.2 Å². The molecule has 1 saturated heterocycles. The van der Waals surface area contributed by atoms with E-state index in [-0.39, 0.29) is 11.8 Å². The summed E-state index contributed by atoms with van der Waals surface area (Å²) in [5, 5.41) is 21.4. The highest BCUT2D eigenvalue weighted by Crippen LogP contribution is 2.25. The Hall–Kier alpha value is -2.93. The van der Waals surface area contributed by atoms with Gasteiger partial charge in [-0.25, -0.2) is 0 Å². The molecule has 2 atom stereocenters. The number of carbonyl (C=O) groups is 1. The zero-order valence-electron chi connectivity index (χ0n) is 16.1. The first-order valence-corrected chi connectivity index (χ1v) is 9.57. The van der Waals surface area contributed by atoms with Gasteiger partial charge in [-0.3, -0.25) is 9.89 Å². The monoisotopic (exact) mass is 380 g/mol. The average Bonchev–Trinajstić information content (AvgIpc) is 3.43. The lowest BCUT2D eigenvalue weighted by Crippen LogP contribution is -2.29. The number of aryl methyl sites for hydroxylation is 2. The third kappa shape index (κ3) is 3.71. The van der Waals surface area contributed by atoms with Crippen molar-refractivity contribution in [2.24, 2.45) is 5.92 Å². The lowest BCUT2D eigenvalue weighted by Gasteiger charge is -2.14. The first kappa shape index (κ1) is 18.4. The normalized spacial score (nSPS) is 19.3. The second-order valence-electron chi connectivity index (χ2n) is 7.39. The van der Waals surface area contributed by atoms with Crippen LogP contribution in [-0.2, 0) is 12.8 Å². The van der Waals surface area contributed by atoms with Crippen LogP contribution in [0.1, 0.15) is 34.4 Å². The Morgan fingerprint density at radius 2 is 2.07 bits per heavy atom. The molecule has 1 aromatic carbocycles. The molecule has 146 valence electrons. The van der Waals surface area contributed by atoms with E-state index >= 15 is 0 Å². The summed E-state index contributed by atoms with van der Waals surface area (Å²) in [4.78, 5) is 14.5. The second-order valence-corrected chi connectivity index (χ2v) is 7.39. The van der Waals surface area contributed by atoms with Crippen LogP contribution in [0.4, 0.5) is 0 Å². The van der Waals surface area contributed by atoms with Gasteiger partial charge in [0.2, 0.25) is 0 Å². The number of hydrogen-bond donors (Lipinski definition) is 2. The van der Waals surface area contributed by atoms with Gasteiger partial charge < -0.3 is 14.5 Å². The number of amides is 1. The Morgan fingerprint density at radius 3 is 2.75 bits per heavy atom. The third-order valence-electron chi connectivity index (χ3n) is 5.30. The number of β-amino-alcohol motifs (C(OH)–C–C–N with tert-alkyl or cyclic N) is 1. The van der Waals surface area contributed by atoms with E-state index in [1.807, 2.05) is 25.1 Å². The van der Waals surface area contributed by atoms with Crippen LogP contribution in [-0.4, -0.2) is 50.5 Å². The molecule has 0 unspecified atom stereocenters. The van der Waals surface area contributed by atoms with Crippen LogP contribution < -0.4 is 0 Å². The maximum atomic E-state index is 12.8. The Bertz CT molecular complexity index is 960. The third-order valence-corrected chi connectivity index (χ3v) is 5.30. The lowest BCUT2D eigenvalue weighted by atomic mass is 10.0. The molecular formula is C21H24N4O3. The highest BCUT2D eigenvalue weighted by atomic mass is 16.5. The first-order valence-electron chi connectivity index (χ1n) is 9.57. The largest absolute Gasteiger partial charge is 0.391 e. The first-order chi connectivity index (χ1) is 13.5. The number of rotatable bonds is 5. The van der Waals surface area contributed by atoms with Gasteiger partial charge >= 0.3 is 0 Å². The molecule has 1 amide bonds. The molecular weight excluding hydrogens is 356 g/mol. The minimum absolute atomic E-state index is 0.0692. The SMILES string of the molecule is CCc1ccc(-c2cc(C(=O)N3C[C@@H](Cc4cc(C)no4)[C@H](O)C3)[nH]n2)cc1. The van der Waals surface area contributed by atoms with Crippen molar-refractivity contribution in [1.29, 1.82) is 0 Å². The van der Waals surface area contributed by atoms with E-state index in [2.05, 4.69) is 34.4 Å². The van der Waals surface area contributed by atoms with E-state index in [0.717, 1.165) is 29.1 Å². The molecule has 0 bridgehead atoms. The summed E-state index contributed by atoms with van der Waals surface area (Å²) in [6.07, 6.45) is 0.957.